The molecular weight excluding hydrogens is 447 g/mol. The summed E-state index contributed by atoms with van der Waals surface area (Å²) in [5.41, 5.74) is 0.0325. The lowest BCUT2D eigenvalue weighted by Gasteiger charge is -2.33. The maximum Gasteiger partial charge on any atom is 0.408 e. The Kier molecular flexibility index (Phi) is 7.50. The van der Waals surface area contributed by atoms with Crippen molar-refractivity contribution >= 4 is 12.0 Å². The van der Waals surface area contributed by atoms with Gasteiger partial charge in [0.25, 0.3) is 0 Å². The average molecular weight is 473 g/mol. The number of carbonyl (C=O) groups is 2. The van der Waals surface area contributed by atoms with Gasteiger partial charge < -0.3 is 15.0 Å². The molecule has 0 aromatic heterocycles. The van der Waals surface area contributed by atoms with Gasteiger partial charge in [-0.1, -0.05) is 24.3 Å². The molecule has 0 bridgehead atoms. The zero-order valence-electron chi connectivity index (χ0n) is 19.1. The first-order chi connectivity index (χ1) is 16.0. The molecule has 2 aromatic carbocycles. The third-order valence-electron chi connectivity index (χ3n) is 5.41. The van der Waals surface area contributed by atoms with Crippen LogP contribution in [0.3, 0.4) is 0 Å². The molecule has 180 valence electrons. The minimum atomic E-state index is -1.38. The van der Waals surface area contributed by atoms with Crippen molar-refractivity contribution in [1.82, 2.24) is 10.2 Å². The lowest BCUT2D eigenvalue weighted by molar-refractivity contribution is -0.134. The molecule has 3 rings (SSSR count). The Morgan fingerprint density at radius 1 is 1.06 bits per heavy atom. The Bertz CT molecular complexity index is 1020. The number of hydrogen-bond acceptors (Lipinski definition) is 4. The average Bonchev–Trinajstić information content (AvgIpc) is 3.14. The number of nitriles is 1. The van der Waals surface area contributed by atoms with Gasteiger partial charge in [0, 0.05) is 12.3 Å². The Morgan fingerprint density at radius 2 is 1.56 bits per heavy atom. The molecule has 1 aliphatic heterocycles. The summed E-state index contributed by atoms with van der Waals surface area (Å²) in [7, 11) is 0. The Hall–Kier alpha value is -3.54. The summed E-state index contributed by atoms with van der Waals surface area (Å²) in [5.74, 6) is -2.61. The SMILES string of the molecule is CC(C)(C)OC(=O)N[C@H](C(=O)N1C[C@H](F)C[C@@H]1C#N)C(c1ccc(F)cc1)c1ccc(F)cc1. The van der Waals surface area contributed by atoms with Crippen molar-refractivity contribution in [2.75, 3.05) is 6.54 Å². The second-order valence-corrected chi connectivity index (χ2v) is 9.17. The predicted octanol–water partition coefficient (Wildman–Crippen LogP) is 4.45. The molecule has 0 spiro atoms. The van der Waals surface area contributed by atoms with Crippen LogP contribution in [0.25, 0.3) is 0 Å². The number of nitrogens with zero attached hydrogens (tertiary/aromatic N) is 2. The summed E-state index contributed by atoms with van der Waals surface area (Å²) in [6.45, 7) is 4.66. The number of nitrogens with one attached hydrogen (secondary N) is 1. The number of alkyl carbamates (subject to hydrolysis) is 1. The van der Waals surface area contributed by atoms with Gasteiger partial charge in [-0.3, -0.25) is 4.79 Å². The zero-order valence-corrected chi connectivity index (χ0v) is 19.1. The molecule has 1 heterocycles. The maximum absolute atomic E-state index is 14.1. The molecule has 2 amide bonds. The molecule has 0 saturated carbocycles. The van der Waals surface area contributed by atoms with Gasteiger partial charge in [-0.2, -0.15) is 5.26 Å². The van der Waals surface area contributed by atoms with Crippen LogP contribution in [-0.2, 0) is 9.53 Å². The first-order valence-electron chi connectivity index (χ1n) is 10.8. The van der Waals surface area contributed by atoms with E-state index in [0.29, 0.717) is 11.1 Å². The van der Waals surface area contributed by atoms with Crippen LogP contribution in [0.2, 0.25) is 0 Å². The van der Waals surface area contributed by atoms with Crippen LogP contribution in [0, 0.1) is 23.0 Å². The Morgan fingerprint density at radius 3 is 2.00 bits per heavy atom. The van der Waals surface area contributed by atoms with Crippen LogP contribution < -0.4 is 5.32 Å². The number of halogens is 3. The first-order valence-corrected chi connectivity index (χ1v) is 10.8. The van der Waals surface area contributed by atoms with Crippen LogP contribution >= 0.6 is 0 Å². The minimum absolute atomic E-state index is 0.140. The number of hydrogen-bond donors (Lipinski definition) is 1. The van der Waals surface area contributed by atoms with Gasteiger partial charge in [0.05, 0.1) is 12.6 Å². The summed E-state index contributed by atoms with van der Waals surface area (Å²) in [5, 5.41) is 12.0. The van der Waals surface area contributed by atoms with E-state index in [4.69, 9.17) is 4.74 Å². The van der Waals surface area contributed by atoms with Crippen molar-refractivity contribution in [3.63, 3.8) is 0 Å². The Balaban J connectivity index is 2.09. The van der Waals surface area contributed by atoms with Gasteiger partial charge in [0.1, 0.15) is 35.5 Å². The maximum atomic E-state index is 14.1. The molecule has 2 aromatic rings. The molecule has 0 unspecified atom stereocenters. The number of benzene rings is 2. The third kappa shape index (κ3) is 6.07. The lowest BCUT2D eigenvalue weighted by atomic mass is 9.84. The van der Waals surface area contributed by atoms with E-state index >= 15 is 0 Å². The molecule has 0 radical (unpaired) electrons. The third-order valence-corrected chi connectivity index (χ3v) is 5.41. The highest BCUT2D eigenvalue weighted by atomic mass is 19.1. The fourth-order valence-corrected chi connectivity index (χ4v) is 3.97. The van der Waals surface area contributed by atoms with Crippen molar-refractivity contribution in [3.05, 3.63) is 71.3 Å². The van der Waals surface area contributed by atoms with Gasteiger partial charge in [-0.25, -0.2) is 18.0 Å². The number of carbonyl (C=O) groups excluding carboxylic acids is 2. The summed E-state index contributed by atoms with van der Waals surface area (Å²) < 4.78 is 46.8. The van der Waals surface area contributed by atoms with Crippen molar-refractivity contribution in [3.8, 4) is 6.07 Å². The molecule has 3 atom stereocenters. The fraction of sp³-hybridized carbons (Fsp3) is 0.400. The minimum Gasteiger partial charge on any atom is -0.444 e. The molecular formula is C25H26F3N3O3. The van der Waals surface area contributed by atoms with E-state index in [1.54, 1.807) is 20.8 Å². The second kappa shape index (κ2) is 10.2. The zero-order chi connectivity index (χ0) is 25.0. The Labute approximate surface area is 196 Å². The van der Waals surface area contributed by atoms with Gasteiger partial charge in [0.15, 0.2) is 0 Å². The van der Waals surface area contributed by atoms with E-state index in [-0.39, 0.29) is 13.0 Å². The molecule has 1 saturated heterocycles. The molecule has 1 N–H and O–H groups in total. The van der Waals surface area contributed by atoms with Crippen LogP contribution in [0.5, 0.6) is 0 Å². The number of rotatable bonds is 5. The standard InChI is InChI=1S/C25H26F3N3O3/c1-25(2,3)34-24(33)30-22(23(32)31-14-19(28)12-20(31)13-29)21(15-4-8-17(26)9-5-15)16-6-10-18(27)11-7-16/h4-11,19-22H,12,14H2,1-3H3,(H,30,33)/t19-,20-,22+/m1/s1. The van der Waals surface area contributed by atoms with Crippen molar-refractivity contribution < 1.29 is 27.5 Å². The largest absolute Gasteiger partial charge is 0.444 e. The van der Waals surface area contributed by atoms with Gasteiger partial charge in [-0.15, -0.1) is 0 Å². The molecule has 34 heavy (non-hydrogen) atoms. The highest BCUT2D eigenvalue weighted by molar-refractivity contribution is 5.88. The van der Waals surface area contributed by atoms with Crippen molar-refractivity contribution in [2.24, 2.45) is 0 Å². The highest BCUT2D eigenvalue weighted by Gasteiger charge is 2.42. The number of alkyl halides is 1. The van der Waals surface area contributed by atoms with E-state index in [2.05, 4.69) is 5.32 Å². The smallest absolute Gasteiger partial charge is 0.408 e. The number of amides is 2. The summed E-state index contributed by atoms with van der Waals surface area (Å²) in [6, 6.07) is 10.2. The van der Waals surface area contributed by atoms with Gasteiger partial charge in [-0.05, 0) is 56.2 Å². The number of ether oxygens (including phenoxy) is 1. The highest BCUT2D eigenvalue weighted by Crippen LogP contribution is 2.32. The first kappa shape index (κ1) is 25.1. The summed E-state index contributed by atoms with van der Waals surface area (Å²) in [4.78, 5) is 27.5. The second-order valence-electron chi connectivity index (χ2n) is 9.17. The van der Waals surface area contributed by atoms with Crippen LogP contribution in [0.4, 0.5) is 18.0 Å². The fourth-order valence-electron chi connectivity index (χ4n) is 3.97. The molecule has 1 aliphatic rings. The van der Waals surface area contributed by atoms with E-state index < -0.39 is 53.4 Å². The molecule has 6 nitrogen and oxygen atoms in total. The van der Waals surface area contributed by atoms with Gasteiger partial charge in [0.2, 0.25) is 5.91 Å². The quantitative estimate of drug-likeness (QED) is 0.696. The normalized spacial score (nSPS) is 18.9. The van der Waals surface area contributed by atoms with Crippen LogP contribution in [-0.4, -0.2) is 47.3 Å². The summed E-state index contributed by atoms with van der Waals surface area (Å²) >= 11 is 0. The molecule has 9 heteroatoms. The molecule has 1 fully saturated rings. The van der Waals surface area contributed by atoms with Crippen LogP contribution in [0.1, 0.15) is 44.2 Å². The van der Waals surface area contributed by atoms with Crippen LogP contribution in [0.15, 0.2) is 48.5 Å². The predicted molar refractivity (Wildman–Crippen MR) is 118 cm³/mol. The van der Waals surface area contributed by atoms with Crippen molar-refractivity contribution in [1.29, 1.82) is 5.26 Å². The monoisotopic (exact) mass is 473 g/mol. The van der Waals surface area contributed by atoms with E-state index in [1.165, 1.54) is 48.5 Å². The van der Waals surface area contributed by atoms with Gasteiger partial charge >= 0.3 is 6.09 Å². The summed E-state index contributed by atoms with van der Waals surface area (Å²) in [6.07, 6.45) is -2.42. The van der Waals surface area contributed by atoms with Crippen molar-refractivity contribution in [2.45, 2.75) is 57.0 Å². The topological polar surface area (TPSA) is 82.4 Å². The number of likely N-dealkylation sites (tertiary alicyclic amines) is 1. The van der Waals surface area contributed by atoms with E-state index in [1.807, 2.05) is 6.07 Å². The molecule has 0 aliphatic carbocycles. The van der Waals surface area contributed by atoms with E-state index in [0.717, 1.165) is 4.90 Å². The lowest BCUT2D eigenvalue weighted by Crippen LogP contribution is -2.53. The van der Waals surface area contributed by atoms with E-state index in [9.17, 15) is 28.0 Å².